The lowest BCUT2D eigenvalue weighted by molar-refractivity contribution is -0.116. The number of thioether (sulfide) groups is 1. The van der Waals surface area contributed by atoms with Gasteiger partial charge in [-0.15, -0.1) is 11.8 Å². The molecule has 0 atom stereocenters. The van der Waals surface area contributed by atoms with Crippen LogP contribution in [0.5, 0.6) is 11.5 Å². The van der Waals surface area contributed by atoms with E-state index in [9.17, 15) is 9.59 Å². The molecule has 0 radical (unpaired) electrons. The molecule has 6 nitrogen and oxygen atoms in total. The first-order valence-electron chi connectivity index (χ1n) is 6.54. The van der Waals surface area contributed by atoms with Gasteiger partial charge in [-0.2, -0.15) is 0 Å². The second-order valence-corrected chi connectivity index (χ2v) is 5.41. The highest BCUT2D eigenvalue weighted by Gasteiger charge is 2.20. The highest BCUT2D eigenvalue weighted by atomic mass is 32.2. The van der Waals surface area contributed by atoms with Crippen molar-refractivity contribution >= 4 is 29.1 Å². The molecular formula is C15H20N2O4S. The topological polar surface area (TPSA) is 90.7 Å². The quantitative estimate of drug-likeness (QED) is 0.249. The highest BCUT2D eigenvalue weighted by Crippen LogP contribution is 2.43. The number of carbonyl (C=O) groups excluding carboxylic acids is 2. The highest BCUT2D eigenvalue weighted by molar-refractivity contribution is 7.99. The first kappa shape index (κ1) is 17.9. The van der Waals surface area contributed by atoms with Crippen LogP contribution in [-0.4, -0.2) is 38.2 Å². The lowest BCUT2D eigenvalue weighted by atomic mass is 10.1. The van der Waals surface area contributed by atoms with Crippen molar-refractivity contribution in [1.29, 1.82) is 0 Å². The van der Waals surface area contributed by atoms with Crippen LogP contribution in [-0.2, 0) is 4.79 Å². The van der Waals surface area contributed by atoms with Gasteiger partial charge in [-0.3, -0.25) is 9.59 Å². The Kier molecular flexibility index (Phi) is 6.78. The minimum atomic E-state index is -0.231. The van der Waals surface area contributed by atoms with Crippen LogP contribution in [0.25, 0.3) is 0 Å². The van der Waals surface area contributed by atoms with Crippen molar-refractivity contribution in [2.75, 3.05) is 32.3 Å². The van der Waals surface area contributed by atoms with Crippen molar-refractivity contribution in [3.8, 4) is 11.5 Å². The van der Waals surface area contributed by atoms with E-state index in [1.807, 2.05) is 0 Å². The summed E-state index contributed by atoms with van der Waals surface area (Å²) in [4.78, 5) is 23.4. The minimum absolute atomic E-state index is 0.163. The van der Waals surface area contributed by atoms with Crippen LogP contribution in [0.4, 0.5) is 5.69 Å². The predicted octanol–water partition coefficient (Wildman–Crippen LogP) is 1.88. The third kappa shape index (κ3) is 4.17. The van der Waals surface area contributed by atoms with Gasteiger partial charge in [0, 0.05) is 17.9 Å². The SMILES string of the molecule is C=CC(=O)NCCSc1c(OC)cc(C(C)=O)c(N)c1OC. The van der Waals surface area contributed by atoms with Crippen molar-refractivity contribution in [1.82, 2.24) is 5.32 Å². The van der Waals surface area contributed by atoms with Crippen LogP contribution in [0.15, 0.2) is 23.6 Å². The third-order valence-electron chi connectivity index (χ3n) is 2.88. The predicted molar refractivity (Wildman–Crippen MR) is 87.9 cm³/mol. The standard InChI is InChI=1S/C15H20N2O4S/c1-5-12(19)17-6-7-22-15-11(20-3)8-10(9(2)18)13(16)14(15)21-4/h5,8H,1,6-7,16H2,2-4H3,(H,17,19). The number of anilines is 1. The second-order valence-electron chi connectivity index (χ2n) is 4.30. The van der Waals surface area contributed by atoms with Crippen molar-refractivity contribution < 1.29 is 19.1 Å². The van der Waals surface area contributed by atoms with E-state index in [1.54, 1.807) is 6.07 Å². The summed E-state index contributed by atoms with van der Waals surface area (Å²) in [7, 11) is 3.00. The zero-order valence-electron chi connectivity index (χ0n) is 12.9. The Morgan fingerprint density at radius 3 is 2.59 bits per heavy atom. The monoisotopic (exact) mass is 324 g/mol. The number of methoxy groups -OCH3 is 2. The number of hydrogen-bond donors (Lipinski definition) is 2. The molecule has 0 spiro atoms. The lowest BCUT2D eigenvalue weighted by Gasteiger charge is -2.17. The number of ketones is 1. The molecule has 1 aromatic rings. The maximum atomic E-state index is 11.6. The van der Waals surface area contributed by atoms with Gasteiger partial charge in [-0.25, -0.2) is 0 Å². The summed E-state index contributed by atoms with van der Waals surface area (Å²) in [5.74, 6) is 1.11. The molecule has 0 saturated heterocycles. The fourth-order valence-corrected chi connectivity index (χ4v) is 2.83. The molecule has 0 bridgehead atoms. The van der Waals surface area contributed by atoms with Gasteiger partial charge in [0.15, 0.2) is 11.5 Å². The number of nitrogen functional groups attached to an aromatic ring is 1. The van der Waals surface area contributed by atoms with E-state index >= 15 is 0 Å². The molecule has 22 heavy (non-hydrogen) atoms. The number of Topliss-reactive ketones (excluding diaryl/α,β-unsaturated/α-hetero) is 1. The Hall–Kier alpha value is -2.15. The molecule has 0 aliphatic carbocycles. The van der Waals surface area contributed by atoms with Crippen molar-refractivity contribution in [2.24, 2.45) is 0 Å². The Morgan fingerprint density at radius 2 is 2.09 bits per heavy atom. The molecular weight excluding hydrogens is 304 g/mol. The molecule has 1 amide bonds. The second kappa shape index (κ2) is 8.33. The largest absolute Gasteiger partial charge is 0.495 e. The Labute approximate surface area is 134 Å². The smallest absolute Gasteiger partial charge is 0.243 e. The molecule has 3 N–H and O–H groups in total. The minimum Gasteiger partial charge on any atom is -0.495 e. The molecule has 0 saturated carbocycles. The van der Waals surface area contributed by atoms with E-state index in [-0.39, 0.29) is 17.4 Å². The molecule has 0 unspecified atom stereocenters. The van der Waals surface area contributed by atoms with Crippen molar-refractivity contribution in [3.63, 3.8) is 0 Å². The van der Waals surface area contributed by atoms with Crippen LogP contribution < -0.4 is 20.5 Å². The van der Waals surface area contributed by atoms with Crippen LogP contribution in [0.2, 0.25) is 0 Å². The number of ether oxygens (including phenoxy) is 2. The van der Waals surface area contributed by atoms with Crippen LogP contribution in [0.1, 0.15) is 17.3 Å². The maximum absolute atomic E-state index is 11.6. The number of nitrogens with two attached hydrogens (primary N) is 1. The first-order valence-corrected chi connectivity index (χ1v) is 7.53. The third-order valence-corrected chi connectivity index (χ3v) is 3.96. The van der Waals surface area contributed by atoms with Gasteiger partial charge in [0.25, 0.3) is 0 Å². The zero-order chi connectivity index (χ0) is 16.7. The van der Waals surface area contributed by atoms with Gasteiger partial charge in [0.2, 0.25) is 5.91 Å². The summed E-state index contributed by atoms with van der Waals surface area (Å²) in [5, 5.41) is 2.68. The molecule has 0 fully saturated rings. The average molecular weight is 324 g/mol. The molecule has 0 aromatic heterocycles. The first-order chi connectivity index (χ1) is 10.5. The molecule has 0 heterocycles. The van der Waals surface area contributed by atoms with Crippen molar-refractivity contribution in [3.05, 3.63) is 24.3 Å². The number of hydrogen-bond acceptors (Lipinski definition) is 6. The van der Waals surface area contributed by atoms with Crippen LogP contribution in [0, 0.1) is 0 Å². The van der Waals surface area contributed by atoms with Gasteiger partial charge < -0.3 is 20.5 Å². The Bertz CT molecular complexity index is 587. The van der Waals surface area contributed by atoms with E-state index in [2.05, 4.69) is 11.9 Å². The summed E-state index contributed by atoms with van der Waals surface area (Å²) < 4.78 is 10.6. The Balaban J connectivity index is 3.02. The van der Waals surface area contributed by atoms with E-state index in [0.717, 1.165) is 0 Å². The summed E-state index contributed by atoms with van der Waals surface area (Å²) in [6.07, 6.45) is 1.21. The zero-order valence-corrected chi connectivity index (χ0v) is 13.7. The lowest BCUT2D eigenvalue weighted by Crippen LogP contribution is -2.23. The van der Waals surface area contributed by atoms with Crippen molar-refractivity contribution in [2.45, 2.75) is 11.8 Å². The van der Waals surface area contributed by atoms with Crippen LogP contribution in [0.3, 0.4) is 0 Å². The van der Waals surface area contributed by atoms with Gasteiger partial charge in [0.05, 0.1) is 24.8 Å². The molecule has 7 heteroatoms. The van der Waals surface area contributed by atoms with Gasteiger partial charge in [-0.05, 0) is 19.1 Å². The molecule has 1 aromatic carbocycles. The summed E-state index contributed by atoms with van der Waals surface area (Å²) in [6, 6.07) is 1.60. The van der Waals surface area contributed by atoms with E-state index in [0.29, 0.717) is 34.3 Å². The van der Waals surface area contributed by atoms with E-state index in [1.165, 1.54) is 39.0 Å². The van der Waals surface area contributed by atoms with Gasteiger partial charge in [-0.1, -0.05) is 6.58 Å². The fraction of sp³-hybridized carbons (Fsp3) is 0.333. The molecule has 0 aliphatic rings. The fourth-order valence-electron chi connectivity index (χ4n) is 1.81. The maximum Gasteiger partial charge on any atom is 0.243 e. The molecule has 0 aliphatic heterocycles. The summed E-state index contributed by atoms with van der Waals surface area (Å²) >= 11 is 1.42. The van der Waals surface area contributed by atoms with E-state index in [4.69, 9.17) is 15.2 Å². The Morgan fingerprint density at radius 1 is 1.41 bits per heavy atom. The number of carbonyl (C=O) groups is 2. The molecule has 1 rings (SSSR count). The van der Waals surface area contributed by atoms with Gasteiger partial charge >= 0.3 is 0 Å². The van der Waals surface area contributed by atoms with Crippen LogP contribution >= 0.6 is 11.8 Å². The van der Waals surface area contributed by atoms with Gasteiger partial charge in [0.1, 0.15) is 5.75 Å². The summed E-state index contributed by atoms with van der Waals surface area (Å²) in [6.45, 7) is 5.27. The number of rotatable bonds is 8. The number of benzene rings is 1. The normalized spacial score (nSPS) is 9.95. The van der Waals surface area contributed by atoms with E-state index < -0.39 is 0 Å². The average Bonchev–Trinajstić information content (AvgIpc) is 2.50. The number of amides is 1. The molecule has 120 valence electrons. The number of nitrogens with one attached hydrogen (secondary N) is 1. The summed E-state index contributed by atoms with van der Waals surface area (Å²) in [5.41, 5.74) is 6.64.